The summed E-state index contributed by atoms with van der Waals surface area (Å²) in [5.41, 5.74) is 20.4. The van der Waals surface area contributed by atoms with Gasteiger partial charge < -0.3 is 4.90 Å². The molecule has 1 aliphatic carbocycles. The van der Waals surface area contributed by atoms with E-state index < -0.39 is 8.07 Å². The fraction of sp³-hybridized carbons (Fsp3) is 0.0380. The van der Waals surface area contributed by atoms with Gasteiger partial charge in [0.2, 0.25) is 0 Å². The third kappa shape index (κ3) is 8.46. The highest BCUT2D eigenvalue weighted by Crippen LogP contribution is 2.55. The molecular formula is C79H59NSi. The zero-order chi connectivity index (χ0) is 54.3. The van der Waals surface area contributed by atoms with Gasteiger partial charge in [0.1, 0.15) is 0 Å². The van der Waals surface area contributed by atoms with Crippen molar-refractivity contribution in [2.24, 2.45) is 0 Å². The zero-order valence-corrected chi connectivity index (χ0v) is 46.5. The second-order valence-electron chi connectivity index (χ2n) is 21.9. The molecule has 81 heavy (non-hydrogen) atoms. The Kier molecular flexibility index (Phi) is 12.7. The average Bonchev–Trinajstić information content (AvgIpc) is 3.88. The van der Waals surface area contributed by atoms with Crippen molar-refractivity contribution in [3.8, 4) is 66.8 Å². The minimum Gasteiger partial charge on any atom is -0.310 e. The van der Waals surface area contributed by atoms with Gasteiger partial charge in [-0.3, -0.25) is 0 Å². The number of hydrogen-bond donors (Lipinski definition) is 0. The number of anilines is 3. The number of fused-ring (bicyclic) bond motifs is 4. The summed E-state index contributed by atoms with van der Waals surface area (Å²) in [5.74, 6) is 0. The summed E-state index contributed by atoms with van der Waals surface area (Å²) in [6.07, 6.45) is 0. The van der Waals surface area contributed by atoms with E-state index in [4.69, 9.17) is 0 Å². The van der Waals surface area contributed by atoms with Gasteiger partial charge in [0, 0.05) is 22.5 Å². The summed E-state index contributed by atoms with van der Waals surface area (Å²) in [5, 5.41) is 7.87. The highest BCUT2D eigenvalue weighted by atomic mass is 28.3. The fourth-order valence-corrected chi connectivity index (χ4v) is 18.2. The lowest BCUT2D eigenvalue weighted by molar-refractivity contribution is 0.660. The Morgan fingerprint density at radius 2 is 0.642 bits per heavy atom. The van der Waals surface area contributed by atoms with Crippen molar-refractivity contribution < 1.29 is 0 Å². The predicted molar refractivity (Wildman–Crippen MR) is 347 cm³/mol. The number of nitrogens with zero attached hydrogens (tertiary/aromatic N) is 1. The molecule has 0 fully saturated rings. The molecule has 0 unspecified atom stereocenters. The molecule has 0 N–H and O–H groups in total. The maximum absolute atomic E-state index is 2.82. The first-order valence-corrected chi connectivity index (χ1v) is 30.2. The second-order valence-corrected chi connectivity index (χ2v) is 25.7. The van der Waals surface area contributed by atoms with E-state index >= 15 is 0 Å². The van der Waals surface area contributed by atoms with Crippen LogP contribution in [0.1, 0.15) is 25.0 Å². The Morgan fingerprint density at radius 3 is 1.16 bits per heavy atom. The number of benzene rings is 13. The number of hydrogen-bond acceptors (Lipinski definition) is 1. The Hall–Kier alpha value is -9.86. The molecule has 0 bridgehead atoms. The van der Waals surface area contributed by atoms with Crippen molar-refractivity contribution in [1.82, 2.24) is 0 Å². The molecule has 0 saturated heterocycles. The smallest absolute Gasteiger partial charge is 0.179 e. The van der Waals surface area contributed by atoms with Crippen LogP contribution in [0.3, 0.4) is 0 Å². The van der Waals surface area contributed by atoms with Crippen LogP contribution in [-0.2, 0) is 5.41 Å². The van der Waals surface area contributed by atoms with Gasteiger partial charge in [-0.25, -0.2) is 0 Å². The first-order valence-electron chi connectivity index (χ1n) is 28.2. The molecule has 14 rings (SSSR count). The molecule has 0 spiro atoms. The summed E-state index contributed by atoms with van der Waals surface area (Å²) in [4.78, 5) is 2.47. The highest BCUT2D eigenvalue weighted by molar-refractivity contribution is 7.20. The molecule has 1 nitrogen and oxygen atoms in total. The molecule has 0 amide bonds. The quantitative estimate of drug-likeness (QED) is 0.0871. The van der Waals surface area contributed by atoms with E-state index in [-0.39, 0.29) is 5.41 Å². The molecule has 2 heteroatoms. The van der Waals surface area contributed by atoms with E-state index in [1.807, 2.05) is 0 Å². The van der Waals surface area contributed by atoms with Crippen LogP contribution in [-0.4, -0.2) is 8.07 Å². The topological polar surface area (TPSA) is 3.24 Å². The highest BCUT2D eigenvalue weighted by Gasteiger charge is 2.42. The molecule has 0 atom stereocenters. The second kappa shape index (κ2) is 20.7. The minimum atomic E-state index is -2.82. The van der Waals surface area contributed by atoms with Crippen molar-refractivity contribution >= 4 is 56.7 Å². The van der Waals surface area contributed by atoms with Gasteiger partial charge >= 0.3 is 0 Å². The van der Waals surface area contributed by atoms with Gasteiger partial charge in [-0.15, -0.1) is 0 Å². The molecule has 13 aromatic carbocycles. The van der Waals surface area contributed by atoms with E-state index in [0.29, 0.717) is 0 Å². The molecule has 13 aromatic rings. The normalized spacial score (nSPS) is 12.4. The Balaban J connectivity index is 0.949. The van der Waals surface area contributed by atoms with Crippen LogP contribution in [0.2, 0.25) is 0 Å². The van der Waals surface area contributed by atoms with E-state index in [0.717, 1.165) is 17.1 Å². The predicted octanol–water partition coefficient (Wildman–Crippen LogP) is 18.3. The van der Waals surface area contributed by atoms with Crippen LogP contribution in [0.4, 0.5) is 17.1 Å². The number of para-hydroxylation sites is 1. The first kappa shape index (κ1) is 49.4. The van der Waals surface area contributed by atoms with Gasteiger partial charge in [0.15, 0.2) is 8.07 Å². The lowest BCUT2D eigenvalue weighted by atomic mass is 9.77. The first-order chi connectivity index (χ1) is 40.0. The van der Waals surface area contributed by atoms with Crippen molar-refractivity contribution in [2.75, 3.05) is 4.90 Å². The van der Waals surface area contributed by atoms with Gasteiger partial charge in [0.25, 0.3) is 0 Å². The summed E-state index contributed by atoms with van der Waals surface area (Å²) in [6.45, 7) is 4.84. The van der Waals surface area contributed by atoms with E-state index in [2.05, 4.69) is 340 Å². The van der Waals surface area contributed by atoms with Crippen molar-refractivity contribution in [3.63, 3.8) is 0 Å². The van der Waals surface area contributed by atoms with Gasteiger partial charge in [-0.1, -0.05) is 293 Å². The molecule has 0 heterocycles. The van der Waals surface area contributed by atoms with Gasteiger partial charge in [0.05, 0.1) is 0 Å². The largest absolute Gasteiger partial charge is 0.310 e. The van der Waals surface area contributed by atoms with Crippen LogP contribution < -0.4 is 25.6 Å². The van der Waals surface area contributed by atoms with Crippen LogP contribution in [0, 0.1) is 0 Å². The number of rotatable bonds is 12. The maximum Gasteiger partial charge on any atom is 0.179 e. The standard InChI is InChI=1S/C79H59NSi/c1-79(2)72-53-60(68-47-28-48-71-74(56-29-11-3-12-30-56)75(57-31-13-4-14-32-57)76(58-33-15-5-16-34-58)77(78(68)71)59-35-17-6-18-36-59)49-51-69(72)70-52-50-63(55-73(70)79)80(61-37-19-7-20-38-61)62-39-27-46-67(54-62)81(64-40-21-8-22-41-64,65-42-23-9-24-43-65)66-44-25-10-26-45-66/h3-55H,1-2H3. The molecule has 0 aromatic heterocycles. The van der Waals surface area contributed by atoms with Gasteiger partial charge in [-0.2, -0.15) is 0 Å². The van der Waals surface area contributed by atoms with E-state index in [9.17, 15) is 0 Å². The monoisotopic (exact) mass is 1050 g/mol. The summed E-state index contributed by atoms with van der Waals surface area (Å²) < 4.78 is 0. The van der Waals surface area contributed by atoms with Gasteiger partial charge in [-0.05, 0) is 152 Å². The Labute approximate surface area is 477 Å². The van der Waals surface area contributed by atoms with Crippen molar-refractivity contribution in [3.05, 3.63) is 333 Å². The molecule has 1 aliphatic rings. The summed E-state index contributed by atoms with van der Waals surface area (Å²) >= 11 is 0. The third-order valence-electron chi connectivity index (χ3n) is 17.0. The minimum absolute atomic E-state index is 0.325. The molecule has 0 saturated carbocycles. The van der Waals surface area contributed by atoms with Crippen LogP contribution >= 0.6 is 0 Å². The lowest BCUT2D eigenvalue weighted by Crippen LogP contribution is -2.74. The van der Waals surface area contributed by atoms with Crippen molar-refractivity contribution in [2.45, 2.75) is 19.3 Å². The molecule has 384 valence electrons. The lowest BCUT2D eigenvalue weighted by Gasteiger charge is -2.35. The van der Waals surface area contributed by atoms with Crippen LogP contribution in [0.25, 0.3) is 77.5 Å². The molecule has 0 radical (unpaired) electrons. The maximum atomic E-state index is 2.51. The SMILES string of the molecule is CC1(C)c2cc(-c3cccc4c(-c5ccccc5)c(-c5ccccc5)c(-c5ccccc5)c(-c5ccccc5)c34)ccc2-c2ccc(N(c3ccccc3)c3cccc([Si](c4ccccc4)(c4ccccc4)c4ccccc4)c3)cc21. The zero-order valence-electron chi connectivity index (χ0n) is 45.5. The van der Waals surface area contributed by atoms with Crippen LogP contribution in [0.15, 0.2) is 322 Å². The van der Waals surface area contributed by atoms with Crippen molar-refractivity contribution in [1.29, 1.82) is 0 Å². The summed E-state index contributed by atoms with van der Waals surface area (Å²) in [7, 11) is -2.82. The Morgan fingerprint density at radius 1 is 0.259 bits per heavy atom. The molecule has 0 aliphatic heterocycles. The van der Waals surface area contributed by atoms with Crippen LogP contribution in [0.5, 0.6) is 0 Å². The fourth-order valence-electron chi connectivity index (χ4n) is 13.4. The third-order valence-corrected chi connectivity index (χ3v) is 21.8. The van der Waals surface area contributed by atoms with E-state index in [1.54, 1.807) is 0 Å². The van der Waals surface area contributed by atoms with E-state index in [1.165, 1.54) is 109 Å². The Bertz CT molecular complexity index is 4280. The summed E-state index contributed by atoms with van der Waals surface area (Å²) in [6, 6.07) is 120. The molecular weight excluding hydrogens is 991 g/mol. The average molecular weight is 1050 g/mol.